The average Bonchev–Trinajstić information content (AvgIpc) is 2.03. The first kappa shape index (κ1) is 9.79. The Labute approximate surface area is 72.2 Å². The summed E-state index contributed by atoms with van der Waals surface area (Å²) in [5, 5.41) is 0. The molecule has 0 amide bonds. The second-order valence-corrected chi connectivity index (χ2v) is 4.79. The Hall–Kier alpha value is -0.300. The maximum atomic E-state index is 10.6. The van der Waals surface area contributed by atoms with Gasteiger partial charge in [-0.15, -0.1) is 0 Å². The fourth-order valence-corrected chi connectivity index (χ4v) is 2.57. The Kier molecular flexibility index (Phi) is 2.35. The van der Waals surface area contributed by atoms with Crippen LogP contribution in [0, 0.1) is 0 Å². The van der Waals surface area contributed by atoms with Crippen LogP contribution in [0.5, 0.6) is 0 Å². The molecule has 1 unspecified atom stereocenters. The molecule has 5 nitrogen and oxygen atoms in total. The Morgan fingerprint density at radius 1 is 1.67 bits per heavy atom. The van der Waals surface area contributed by atoms with E-state index in [1.165, 1.54) is 6.92 Å². The number of rotatable bonds is 1. The van der Waals surface area contributed by atoms with E-state index in [1.54, 1.807) is 6.92 Å². The van der Waals surface area contributed by atoms with Crippen LogP contribution in [0.25, 0.3) is 0 Å². The van der Waals surface area contributed by atoms with E-state index in [-0.39, 0.29) is 12.4 Å². The van der Waals surface area contributed by atoms with E-state index < -0.39 is 22.4 Å². The molecule has 12 heavy (non-hydrogen) atoms. The quantitative estimate of drug-likeness (QED) is 0.612. The zero-order chi connectivity index (χ0) is 9.41. The molecule has 1 aliphatic rings. The van der Waals surface area contributed by atoms with Gasteiger partial charge in [0, 0.05) is 6.92 Å². The first-order valence-corrected chi connectivity index (χ1v) is 5.07. The molecule has 1 atom stereocenters. The summed E-state index contributed by atoms with van der Waals surface area (Å²) in [6.07, 6.45) is 0. The van der Waals surface area contributed by atoms with Crippen LogP contribution in [0.2, 0.25) is 0 Å². The molecular weight excluding hydrogens is 184 g/mol. The van der Waals surface area contributed by atoms with Crippen LogP contribution < -0.4 is 0 Å². The molecule has 0 radical (unpaired) electrons. The van der Waals surface area contributed by atoms with Gasteiger partial charge in [-0.1, -0.05) is 0 Å². The van der Waals surface area contributed by atoms with Gasteiger partial charge in [-0.05, 0) is 6.92 Å². The monoisotopic (exact) mass is 196 g/mol. The lowest BCUT2D eigenvalue weighted by Gasteiger charge is -2.23. The summed E-state index contributed by atoms with van der Waals surface area (Å²) in [6.45, 7) is 2.92. The molecule has 1 rings (SSSR count). The summed E-state index contributed by atoms with van der Waals surface area (Å²) in [5.74, 6) is -0.488. The highest BCUT2D eigenvalue weighted by molar-refractivity contribution is 8.20. The van der Waals surface area contributed by atoms with E-state index in [2.05, 4.69) is 4.18 Å². The molecule has 0 spiro atoms. The topological polar surface area (TPSA) is 76.0 Å². The SMILES string of the molecule is CC(=O)OC1(C)COS(O)(O)C1. The smallest absolute Gasteiger partial charge is 0.303 e. The second-order valence-electron chi connectivity index (χ2n) is 3.06. The molecule has 0 saturated carbocycles. The third-order valence-corrected chi connectivity index (χ3v) is 2.92. The largest absolute Gasteiger partial charge is 0.456 e. The predicted octanol–water partition coefficient (Wildman–Crippen LogP) is 1.00. The van der Waals surface area contributed by atoms with Crippen LogP contribution in [-0.2, 0) is 13.7 Å². The fraction of sp³-hybridized carbons (Fsp3) is 0.833. The van der Waals surface area contributed by atoms with Gasteiger partial charge in [0.2, 0.25) is 0 Å². The van der Waals surface area contributed by atoms with Crippen LogP contribution in [0.15, 0.2) is 0 Å². The van der Waals surface area contributed by atoms with Gasteiger partial charge in [0.1, 0.15) is 12.2 Å². The number of carbonyl (C=O) groups excluding carboxylic acids is 1. The van der Waals surface area contributed by atoms with Crippen molar-refractivity contribution in [2.24, 2.45) is 0 Å². The summed E-state index contributed by atoms with van der Waals surface area (Å²) in [6, 6.07) is 0. The highest BCUT2D eigenvalue weighted by Gasteiger charge is 2.44. The number of hydrogen-bond acceptors (Lipinski definition) is 5. The van der Waals surface area contributed by atoms with E-state index in [9.17, 15) is 4.79 Å². The molecule has 1 aliphatic heterocycles. The minimum atomic E-state index is -2.98. The molecule has 0 aromatic heterocycles. The standard InChI is InChI=1S/C6H12O5S/c1-5(7)11-6(2)3-10-12(8,9)4-6/h8-9H,3-4H2,1-2H3. The predicted molar refractivity (Wildman–Crippen MR) is 43.8 cm³/mol. The summed E-state index contributed by atoms with van der Waals surface area (Å²) in [7, 11) is -2.98. The van der Waals surface area contributed by atoms with Gasteiger partial charge in [-0.2, -0.15) is 0 Å². The van der Waals surface area contributed by atoms with E-state index in [0.717, 1.165) is 0 Å². The lowest BCUT2D eigenvalue weighted by atomic mass is 10.1. The van der Waals surface area contributed by atoms with Crippen molar-refractivity contribution in [1.29, 1.82) is 0 Å². The molecule has 1 fully saturated rings. The lowest BCUT2D eigenvalue weighted by molar-refractivity contribution is -0.154. The third kappa shape index (κ3) is 2.34. The average molecular weight is 196 g/mol. The Morgan fingerprint density at radius 3 is 2.58 bits per heavy atom. The van der Waals surface area contributed by atoms with Crippen LogP contribution in [-0.4, -0.2) is 33.0 Å². The summed E-state index contributed by atoms with van der Waals surface area (Å²) in [5.41, 5.74) is -0.884. The van der Waals surface area contributed by atoms with Crippen molar-refractivity contribution < 1.29 is 22.8 Å². The number of hydrogen-bond donors (Lipinski definition) is 2. The molecule has 0 bridgehead atoms. The van der Waals surface area contributed by atoms with Crippen LogP contribution in [0.3, 0.4) is 0 Å². The highest BCUT2D eigenvalue weighted by Crippen LogP contribution is 2.50. The molecule has 6 heteroatoms. The van der Waals surface area contributed by atoms with Crippen molar-refractivity contribution in [2.75, 3.05) is 12.4 Å². The lowest BCUT2D eigenvalue weighted by Crippen LogP contribution is -2.34. The zero-order valence-corrected chi connectivity index (χ0v) is 7.76. The minimum Gasteiger partial charge on any atom is -0.456 e. The maximum Gasteiger partial charge on any atom is 0.303 e. The van der Waals surface area contributed by atoms with Crippen molar-refractivity contribution in [1.82, 2.24) is 0 Å². The van der Waals surface area contributed by atoms with Gasteiger partial charge in [0.05, 0.1) is 16.6 Å². The van der Waals surface area contributed by atoms with Crippen molar-refractivity contribution in [3.8, 4) is 0 Å². The van der Waals surface area contributed by atoms with Crippen molar-refractivity contribution in [2.45, 2.75) is 19.4 Å². The zero-order valence-electron chi connectivity index (χ0n) is 6.94. The van der Waals surface area contributed by atoms with Gasteiger partial charge in [-0.3, -0.25) is 8.98 Å². The molecule has 1 saturated heterocycles. The highest BCUT2D eigenvalue weighted by atomic mass is 32.3. The Balaban J connectivity index is 2.58. The molecule has 72 valence electrons. The van der Waals surface area contributed by atoms with Gasteiger partial charge in [0.25, 0.3) is 0 Å². The number of ether oxygens (including phenoxy) is 1. The van der Waals surface area contributed by atoms with Crippen LogP contribution in [0.4, 0.5) is 0 Å². The van der Waals surface area contributed by atoms with Crippen molar-refractivity contribution in [3.63, 3.8) is 0 Å². The summed E-state index contributed by atoms with van der Waals surface area (Å²) < 4.78 is 27.7. The van der Waals surface area contributed by atoms with E-state index in [4.69, 9.17) is 13.8 Å². The Bertz CT molecular complexity index is 204. The molecule has 0 aromatic rings. The summed E-state index contributed by atoms with van der Waals surface area (Å²) >= 11 is 0. The fourth-order valence-electron chi connectivity index (χ4n) is 1.11. The Morgan fingerprint density at radius 2 is 2.25 bits per heavy atom. The molecule has 0 aromatic carbocycles. The van der Waals surface area contributed by atoms with Gasteiger partial charge in [-0.25, -0.2) is 0 Å². The van der Waals surface area contributed by atoms with Crippen molar-refractivity contribution >= 4 is 16.8 Å². The van der Waals surface area contributed by atoms with Crippen LogP contribution in [0.1, 0.15) is 13.8 Å². The third-order valence-electron chi connectivity index (χ3n) is 1.44. The first-order chi connectivity index (χ1) is 5.33. The van der Waals surface area contributed by atoms with E-state index >= 15 is 0 Å². The van der Waals surface area contributed by atoms with E-state index in [1.807, 2.05) is 0 Å². The molecular formula is C6H12O5S. The van der Waals surface area contributed by atoms with Gasteiger partial charge < -0.3 is 13.8 Å². The normalized spacial score (nSPS) is 36.0. The molecule has 0 aliphatic carbocycles. The van der Waals surface area contributed by atoms with Gasteiger partial charge >= 0.3 is 5.97 Å². The minimum absolute atomic E-state index is 0.0366. The maximum absolute atomic E-state index is 10.6. The molecule has 1 heterocycles. The first-order valence-electron chi connectivity index (χ1n) is 3.43. The number of carbonyl (C=O) groups is 1. The number of esters is 1. The van der Waals surface area contributed by atoms with Gasteiger partial charge in [0.15, 0.2) is 0 Å². The summed E-state index contributed by atoms with van der Waals surface area (Å²) in [4.78, 5) is 10.6. The second kappa shape index (κ2) is 2.88. The van der Waals surface area contributed by atoms with E-state index in [0.29, 0.717) is 0 Å². The molecule has 2 N–H and O–H groups in total. The van der Waals surface area contributed by atoms with Crippen LogP contribution >= 0.6 is 10.9 Å². The van der Waals surface area contributed by atoms with Crippen molar-refractivity contribution in [3.05, 3.63) is 0 Å².